The van der Waals surface area contributed by atoms with Crippen LogP contribution in [-0.4, -0.2) is 0 Å². The number of hydrogen-bond donors (Lipinski definition) is 0. The average molecular weight is 247 g/mol. The van der Waals surface area contributed by atoms with Crippen molar-refractivity contribution in [1.29, 1.82) is 0 Å². The first-order chi connectivity index (χ1) is 5.77. The van der Waals surface area contributed by atoms with Gasteiger partial charge in [0, 0.05) is 14.6 Å². The zero-order valence-electron chi connectivity index (χ0n) is 7.64. The molecule has 1 heterocycles. The van der Waals surface area contributed by atoms with E-state index in [0.717, 1.165) is 6.42 Å². The van der Waals surface area contributed by atoms with Crippen molar-refractivity contribution in [2.45, 2.75) is 37.9 Å². The van der Waals surface area contributed by atoms with Crippen LogP contribution in [0.3, 0.4) is 0 Å². The van der Waals surface area contributed by atoms with Crippen LogP contribution in [0.1, 0.15) is 41.3 Å². The van der Waals surface area contributed by atoms with Gasteiger partial charge in [-0.3, -0.25) is 0 Å². The highest BCUT2D eigenvalue weighted by atomic mass is 79.9. The third-order valence-corrected chi connectivity index (χ3v) is 4.48. The van der Waals surface area contributed by atoms with Crippen molar-refractivity contribution < 1.29 is 0 Å². The maximum atomic E-state index is 3.70. The van der Waals surface area contributed by atoms with Crippen molar-refractivity contribution in [1.82, 2.24) is 0 Å². The normalized spacial score (nSPS) is 13.2. The van der Waals surface area contributed by atoms with Gasteiger partial charge in [0.1, 0.15) is 0 Å². The number of halogens is 1. The molecule has 0 N–H and O–H groups in total. The molecule has 68 valence electrons. The Morgan fingerprint density at radius 2 is 2.17 bits per heavy atom. The zero-order valence-corrected chi connectivity index (χ0v) is 10.0. The number of aryl methyl sites for hydroxylation is 1. The van der Waals surface area contributed by atoms with E-state index in [2.05, 4.69) is 41.9 Å². The lowest BCUT2D eigenvalue weighted by molar-refractivity contribution is 0.798. The molecule has 0 aliphatic heterocycles. The Morgan fingerprint density at radius 1 is 1.42 bits per heavy atom. The topological polar surface area (TPSA) is 0 Å². The lowest BCUT2D eigenvalue weighted by Gasteiger charge is -2.03. The Hall–Kier alpha value is 0.180. The minimum absolute atomic E-state index is 0.577. The highest BCUT2D eigenvalue weighted by Gasteiger charge is 2.08. The third-order valence-electron chi connectivity index (χ3n) is 1.88. The Balaban J connectivity index is 2.61. The second-order valence-electron chi connectivity index (χ2n) is 2.91. The van der Waals surface area contributed by atoms with E-state index in [9.17, 15) is 0 Å². The highest BCUT2D eigenvalue weighted by Crippen LogP contribution is 2.33. The lowest BCUT2D eigenvalue weighted by Crippen LogP contribution is -1.82. The van der Waals surface area contributed by atoms with Gasteiger partial charge in [0.25, 0.3) is 0 Å². The van der Waals surface area contributed by atoms with Gasteiger partial charge in [-0.05, 0) is 25.0 Å². The van der Waals surface area contributed by atoms with Crippen molar-refractivity contribution in [2.24, 2.45) is 0 Å². The summed E-state index contributed by atoms with van der Waals surface area (Å²) in [5.74, 6) is 0. The second kappa shape index (κ2) is 5.03. The first-order valence-electron chi connectivity index (χ1n) is 4.50. The molecule has 0 aliphatic rings. The van der Waals surface area contributed by atoms with E-state index in [1.807, 2.05) is 11.3 Å². The molecule has 2 heteroatoms. The Morgan fingerprint density at radius 3 is 2.67 bits per heavy atom. The van der Waals surface area contributed by atoms with Crippen molar-refractivity contribution in [3.05, 3.63) is 21.9 Å². The maximum absolute atomic E-state index is 3.70. The summed E-state index contributed by atoms with van der Waals surface area (Å²) in [5, 5.41) is 0. The largest absolute Gasteiger partial charge is 0.144 e. The molecule has 0 aliphatic carbocycles. The van der Waals surface area contributed by atoms with Crippen LogP contribution in [0.4, 0.5) is 0 Å². The van der Waals surface area contributed by atoms with E-state index in [4.69, 9.17) is 0 Å². The van der Waals surface area contributed by atoms with Gasteiger partial charge in [-0.2, -0.15) is 0 Å². The van der Waals surface area contributed by atoms with E-state index in [1.54, 1.807) is 0 Å². The van der Waals surface area contributed by atoms with Crippen LogP contribution in [0, 0.1) is 0 Å². The molecular weight excluding hydrogens is 232 g/mol. The summed E-state index contributed by atoms with van der Waals surface area (Å²) in [6.45, 7) is 4.43. The zero-order chi connectivity index (χ0) is 8.97. The molecule has 1 aromatic heterocycles. The smallest absolute Gasteiger partial charge is 0.0489 e. The van der Waals surface area contributed by atoms with Gasteiger partial charge in [-0.15, -0.1) is 11.3 Å². The molecule has 0 nitrogen and oxygen atoms in total. The molecule has 0 aromatic carbocycles. The number of thiophene rings is 1. The molecular formula is C10H15BrS. The van der Waals surface area contributed by atoms with Gasteiger partial charge in [0.05, 0.1) is 0 Å². The van der Waals surface area contributed by atoms with Crippen molar-refractivity contribution in [3.8, 4) is 0 Å². The minimum Gasteiger partial charge on any atom is -0.144 e. The van der Waals surface area contributed by atoms with Crippen molar-refractivity contribution in [3.63, 3.8) is 0 Å². The quantitative estimate of drug-likeness (QED) is 0.685. The first kappa shape index (κ1) is 10.3. The molecule has 1 unspecified atom stereocenters. The molecule has 12 heavy (non-hydrogen) atoms. The van der Waals surface area contributed by atoms with Crippen LogP contribution in [-0.2, 0) is 6.42 Å². The van der Waals surface area contributed by atoms with Gasteiger partial charge < -0.3 is 0 Å². The summed E-state index contributed by atoms with van der Waals surface area (Å²) in [4.78, 5) is 3.55. The fourth-order valence-corrected chi connectivity index (χ4v) is 3.00. The predicted molar refractivity (Wildman–Crippen MR) is 60.3 cm³/mol. The van der Waals surface area contributed by atoms with E-state index < -0.39 is 0 Å². The Bertz CT molecular complexity index is 229. The van der Waals surface area contributed by atoms with Gasteiger partial charge in [0.2, 0.25) is 0 Å². The summed E-state index contributed by atoms with van der Waals surface area (Å²) >= 11 is 5.63. The van der Waals surface area contributed by atoms with Crippen LogP contribution in [0.2, 0.25) is 0 Å². The van der Waals surface area contributed by atoms with Crippen molar-refractivity contribution in [2.75, 3.05) is 0 Å². The van der Waals surface area contributed by atoms with Crippen LogP contribution >= 0.6 is 27.3 Å². The third kappa shape index (κ3) is 2.60. The van der Waals surface area contributed by atoms with E-state index in [1.165, 1.54) is 22.6 Å². The molecule has 1 aromatic rings. The van der Waals surface area contributed by atoms with Gasteiger partial charge in [0.15, 0.2) is 0 Å². The minimum atomic E-state index is 0.577. The van der Waals surface area contributed by atoms with Crippen LogP contribution in [0.25, 0.3) is 0 Å². The van der Waals surface area contributed by atoms with Gasteiger partial charge >= 0.3 is 0 Å². The summed E-state index contributed by atoms with van der Waals surface area (Å²) in [6.07, 6.45) is 3.65. The lowest BCUT2D eigenvalue weighted by atomic mass is 10.2. The van der Waals surface area contributed by atoms with E-state index in [0.29, 0.717) is 4.83 Å². The summed E-state index contributed by atoms with van der Waals surface area (Å²) in [7, 11) is 0. The fourth-order valence-electron chi connectivity index (χ4n) is 1.15. The highest BCUT2D eigenvalue weighted by molar-refractivity contribution is 9.09. The average Bonchev–Trinajstić information content (AvgIpc) is 2.52. The second-order valence-corrected chi connectivity index (χ2v) is 5.22. The standard InChI is InChI=1S/C10H15BrS/c1-3-5-9(11)10-7-6-8(4-2)12-10/h6-7,9H,3-5H2,1-2H3. The van der Waals surface area contributed by atoms with Crippen LogP contribution < -0.4 is 0 Å². The summed E-state index contributed by atoms with van der Waals surface area (Å²) in [6, 6.07) is 4.49. The SMILES string of the molecule is CCCC(Br)c1ccc(CC)s1. The first-order valence-corrected chi connectivity index (χ1v) is 6.23. The summed E-state index contributed by atoms with van der Waals surface area (Å²) in [5.41, 5.74) is 0. The van der Waals surface area contributed by atoms with Gasteiger partial charge in [-0.25, -0.2) is 0 Å². The molecule has 0 fully saturated rings. The fraction of sp³-hybridized carbons (Fsp3) is 0.600. The number of rotatable bonds is 4. The predicted octanol–water partition coefficient (Wildman–Crippen LogP) is 4.55. The Kier molecular flexibility index (Phi) is 4.30. The molecule has 0 radical (unpaired) electrons. The number of alkyl halides is 1. The molecule has 0 saturated carbocycles. The van der Waals surface area contributed by atoms with Gasteiger partial charge in [-0.1, -0.05) is 36.2 Å². The molecule has 1 rings (SSSR count). The molecule has 1 atom stereocenters. The Labute approximate surface area is 87.1 Å². The summed E-state index contributed by atoms with van der Waals surface area (Å²) < 4.78 is 0. The monoisotopic (exact) mass is 246 g/mol. The van der Waals surface area contributed by atoms with E-state index >= 15 is 0 Å². The maximum Gasteiger partial charge on any atom is 0.0489 e. The van der Waals surface area contributed by atoms with Crippen molar-refractivity contribution >= 4 is 27.3 Å². The van der Waals surface area contributed by atoms with Crippen LogP contribution in [0.15, 0.2) is 12.1 Å². The molecule has 0 bridgehead atoms. The molecule has 0 amide bonds. The van der Waals surface area contributed by atoms with E-state index in [-0.39, 0.29) is 0 Å². The van der Waals surface area contributed by atoms with Crippen LogP contribution in [0.5, 0.6) is 0 Å². The number of hydrogen-bond acceptors (Lipinski definition) is 1. The molecule has 0 spiro atoms. The molecule has 0 saturated heterocycles.